The van der Waals surface area contributed by atoms with Gasteiger partial charge in [0.1, 0.15) is 5.82 Å². The van der Waals surface area contributed by atoms with Gasteiger partial charge in [0.15, 0.2) is 11.7 Å². The van der Waals surface area contributed by atoms with E-state index in [9.17, 15) is 13.6 Å². The average molecular weight is 534 g/mol. The molecule has 1 aromatic carbocycles. The zero-order chi connectivity index (χ0) is 27.8. The van der Waals surface area contributed by atoms with Crippen LogP contribution in [0.4, 0.5) is 20.3 Å². The van der Waals surface area contributed by atoms with Crippen LogP contribution in [0.15, 0.2) is 42.0 Å². The van der Waals surface area contributed by atoms with Crippen LogP contribution in [0, 0.1) is 5.41 Å². The maximum atomic E-state index is 14.2. The topological polar surface area (TPSA) is 78.4 Å². The number of aliphatic imine (C=N–C) groups is 1. The maximum absolute atomic E-state index is 14.2. The minimum Gasteiger partial charge on any atom is -0.365 e. The third kappa shape index (κ3) is 6.47. The number of ketones is 1. The van der Waals surface area contributed by atoms with E-state index in [2.05, 4.69) is 32.5 Å². The average Bonchev–Trinajstić information content (AvgIpc) is 2.90. The molecule has 0 spiro atoms. The van der Waals surface area contributed by atoms with E-state index >= 15 is 0 Å². The molecule has 4 rings (SSSR count). The van der Waals surface area contributed by atoms with Crippen molar-refractivity contribution < 1.29 is 13.6 Å². The molecule has 2 aromatic rings. The largest absolute Gasteiger partial charge is 0.365 e. The molecule has 1 aromatic heterocycles. The first kappa shape index (κ1) is 30.2. The normalized spacial score (nSPS) is 20.0. The van der Waals surface area contributed by atoms with Crippen LogP contribution in [0.1, 0.15) is 82.3 Å². The first-order valence-electron chi connectivity index (χ1n) is 12.8. The summed E-state index contributed by atoms with van der Waals surface area (Å²) in [7, 11) is 0. The quantitative estimate of drug-likeness (QED) is 0.317. The number of carbonyl (C=O) groups is 1. The third-order valence-corrected chi connectivity index (χ3v) is 6.78. The summed E-state index contributed by atoms with van der Waals surface area (Å²) < 4.78 is 28.4. The molecule has 3 N–H and O–H groups in total. The van der Waals surface area contributed by atoms with Gasteiger partial charge < -0.3 is 16.0 Å². The molecule has 2 heterocycles. The fraction of sp³-hybridized carbons (Fsp3) is 0.464. The van der Waals surface area contributed by atoms with Crippen molar-refractivity contribution in [3.8, 4) is 0 Å². The smallest absolute Gasteiger partial charge is 0.255 e. The Kier molecular flexibility index (Phi) is 10.6. The predicted octanol–water partition coefficient (Wildman–Crippen LogP) is 7.77. The standard InChI is InChI=1S/C24H26ClF2N5O.2C2H6/c1-4-23(7-8-24(23,26)27)13-30-22-31-14(2)19-11-17(25)10-16(20(19)32-22)12-29-21-18(15(3)33)6-5-9-28-21;2*1-2/h5-6,9-11H,2,4,7-8,12-13H2,1,3H3,(H,28,29)(H2,30,31,32);2*1-2H3. The summed E-state index contributed by atoms with van der Waals surface area (Å²) in [6.45, 7) is 15.7. The lowest BCUT2D eigenvalue weighted by Gasteiger charge is -2.48. The minimum absolute atomic E-state index is 0.0194. The van der Waals surface area contributed by atoms with Gasteiger partial charge in [-0.1, -0.05) is 52.8 Å². The number of halogens is 3. The van der Waals surface area contributed by atoms with E-state index in [1.54, 1.807) is 37.4 Å². The molecule has 0 saturated heterocycles. The van der Waals surface area contributed by atoms with E-state index in [1.165, 1.54) is 6.92 Å². The summed E-state index contributed by atoms with van der Waals surface area (Å²) in [5.41, 5.74) is 2.23. The fourth-order valence-corrected chi connectivity index (χ4v) is 4.52. The van der Waals surface area contributed by atoms with Crippen molar-refractivity contribution in [2.24, 2.45) is 10.4 Å². The van der Waals surface area contributed by atoms with Gasteiger partial charge in [-0.15, -0.1) is 0 Å². The number of carbonyl (C=O) groups excluding carboxylic acids is 1. The Labute approximate surface area is 224 Å². The number of benzene rings is 1. The minimum atomic E-state index is -2.70. The Morgan fingerprint density at radius 2 is 1.92 bits per heavy atom. The number of pyridine rings is 1. The Balaban J connectivity index is 0.00000115. The number of anilines is 2. The maximum Gasteiger partial charge on any atom is 0.255 e. The summed E-state index contributed by atoms with van der Waals surface area (Å²) >= 11 is 6.34. The first-order chi connectivity index (χ1) is 17.7. The number of hydrogen-bond donors (Lipinski definition) is 3. The molecule has 2 aliphatic rings. The van der Waals surface area contributed by atoms with Gasteiger partial charge in [-0.2, -0.15) is 0 Å². The van der Waals surface area contributed by atoms with Crippen LogP contribution in [0.5, 0.6) is 0 Å². The molecule has 0 radical (unpaired) electrons. The first-order valence-corrected chi connectivity index (χ1v) is 13.2. The van der Waals surface area contributed by atoms with Crippen LogP contribution in [-0.2, 0) is 6.54 Å². The summed E-state index contributed by atoms with van der Waals surface area (Å²) in [6.07, 6.45) is 2.34. The number of hydrogen-bond acceptors (Lipinski definition) is 4. The number of nitrogens with zero attached hydrogens (tertiary/aromatic N) is 2. The molecule has 202 valence electrons. The second-order valence-corrected chi connectivity index (χ2v) is 8.96. The van der Waals surface area contributed by atoms with E-state index in [1.807, 2.05) is 27.7 Å². The van der Waals surface area contributed by atoms with Crippen molar-refractivity contribution in [3.63, 3.8) is 0 Å². The molecular formula is C28H38ClF2N5O. The van der Waals surface area contributed by atoms with Gasteiger partial charge in [-0.05, 0) is 49.6 Å². The molecule has 9 heteroatoms. The van der Waals surface area contributed by atoms with Gasteiger partial charge in [0.2, 0.25) is 0 Å². The molecule has 37 heavy (non-hydrogen) atoms. The van der Waals surface area contributed by atoms with Gasteiger partial charge in [0, 0.05) is 35.4 Å². The van der Waals surface area contributed by atoms with E-state index in [-0.39, 0.29) is 18.7 Å². The monoisotopic (exact) mass is 533 g/mol. The number of aromatic nitrogens is 1. The summed E-state index contributed by atoms with van der Waals surface area (Å²) in [5, 5.41) is 9.99. The van der Waals surface area contributed by atoms with Crippen LogP contribution in [0.2, 0.25) is 5.02 Å². The van der Waals surface area contributed by atoms with Crippen molar-refractivity contribution in [3.05, 3.63) is 58.8 Å². The predicted molar refractivity (Wildman–Crippen MR) is 151 cm³/mol. The SMILES string of the molecule is C=C1NC(=NCC2(CC)CCC2(F)F)Nc2c(CNc3ncccc3C(C)=O)cc(Cl)cc21.CC.CC. The number of rotatable bonds is 7. The van der Waals surface area contributed by atoms with Crippen molar-refractivity contribution in [1.82, 2.24) is 10.3 Å². The zero-order valence-corrected chi connectivity index (χ0v) is 23.3. The molecule has 1 saturated carbocycles. The molecule has 6 nitrogen and oxygen atoms in total. The highest BCUT2D eigenvalue weighted by atomic mass is 35.5. The van der Waals surface area contributed by atoms with Crippen molar-refractivity contribution in [1.29, 1.82) is 0 Å². The van der Waals surface area contributed by atoms with Gasteiger partial charge in [-0.3, -0.25) is 9.79 Å². The Morgan fingerprint density at radius 3 is 2.49 bits per heavy atom. The van der Waals surface area contributed by atoms with Crippen molar-refractivity contribution in [2.45, 2.75) is 73.3 Å². The van der Waals surface area contributed by atoms with Gasteiger partial charge in [0.25, 0.3) is 5.92 Å². The Hall–Kier alpha value is -3.00. The summed E-state index contributed by atoms with van der Waals surface area (Å²) in [4.78, 5) is 20.6. The molecule has 0 bridgehead atoms. The van der Waals surface area contributed by atoms with Crippen LogP contribution in [0.25, 0.3) is 5.70 Å². The third-order valence-electron chi connectivity index (χ3n) is 6.57. The van der Waals surface area contributed by atoms with Crippen molar-refractivity contribution >= 4 is 40.5 Å². The highest BCUT2D eigenvalue weighted by molar-refractivity contribution is 6.31. The van der Waals surface area contributed by atoms with E-state index in [0.717, 1.165) is 16.8 Å². The highest BCUT2D eigenvalue weighted by Gasteiger charge is 2.60. The lowest BCUT2D eigenvalue weighted by Crippen LogP contribution is -2.53. The number of Topliss-reactive ketones (excluding diaryl/α,β-unsaturated/α-hetero) is 1. The van der Waals surface area contributed by atoms with Gasteiger partial charge in [-0.25, -0.2) is 13.8 Å². The Bertz CT molecular complexity index is 1150. The van der Waals surface area contributed by atoms with Crippen LogP contribution in [-0.4, -0.2) is 29.2 Å². The fourth-order valence-electron chi connectivity index (χ4n) is 4.28. The summed E-state index contributed by atoms with van der Waals surface area (Å²) in [5.74, 6) is -1.96. The number of nitrogens with one attached hydrogen (secondary N) is 3. The highest BCUT2D eigenvalue weighted by Crippen LogP contribution is 2.56. The van der Waals surface area contributed by atoms with Gasteiger partial charge >= 0.3 is 0 Å². The van der Waals surface area contributed by atoms with Crippen molar-refractivity contribution in [2.75, 3.05) is 17.2 Å². The number of guanidine groups is 1. The molecule has 1 unspecified atom stereocenters. The zero-order valence-electron chi connectivity index (χ0n) is 22.6. The molecule has 0 amide bonds. The van der Waals surface area contributed by atoms with Crippen LogP contribution < -0.4 is 16.0 Å². The molecule has 1 aliphatic carbocycles. The van der Waals surface area contributed by atoms with Gasteiger partial charge in [0.05, 0.1) is 23.2 Å². The molecule has 1 atom stereocenters. The molecular weight excluding hydrogens is 496 g/mol. The summed E-state index contributed by atoms with van der Waals surface area (Å²) in [6, 6.07) is 6.98. The Morgan fingerprint density at radius 1 is 1.22 bits per heavy atom. The van der Waals surface area contributed by atoms with E-state index < -0.39 is 11.3 Å². The number of fused-ring (bicyclic) bond motifs is 1. The number of alkyl halides is 2. The molecule has 1 aliphatic heterocycles. The second-order valence-electron chi connectivity index (χ2n) is 8.53. The lowest BCUT2D eigenvalue weighted by atomic mass is 9.63. The second kappa shape index (κ2) is 13.0. The van der Waals surface area contributed by atoms with Crippen LogP contribution >= 0.6 is 11.6 Å². The van der Waals surface area contributed by atoms with Crippen LogP contribution in [0.3, 0.4) is 0 Å². The lowest BCUT2D eigenvalue weighted by molar-refractivity contribution is -0.197. The van der Waals surface area contributed by atoms with E-state index in [0.29, 0.717) is 47.4 Å². The van der Waals surface area contributed by atoms with E-state index in [4.69, 9.17) is 11.6 Å². The molecule has 1 fully saturated rings.